The lowest BCUT2D eigenvalue weighted by Crippen LogP contribution is -2.35. The van der Waals surface area contributed by atoms with Crippen LogP contribution in [0.3, 0.4) is 0 Å². The van der Waals surface area contributed by atoms with Gasteiger partial charge in [0.2, 0.25) is 10.0 Å². The summed E-state index contributed by atoms with van der Waals surface area (Å²) in [5.41, 5.74) is 1.46. The highest BCUT2D eigenvalue weighted by Gasteiger charge is 2.32. The molecule has 1 heterocycles. The van der Waals surface area contributed by atoms with E-state index < -0.39 is 20.0 Å². The second-order valence-electron chi connectivity index (χ2n) is 6.82. The molecule has 27 heavy (non-hydrogen) atoms. The molecule has 0 saturated heterocycles. The van der Waals surface area contributed by atoms with Crippen LogP contribution in [0.2, 0.25) is 5.02 Å². The molecule has 1 saturated carbocycles. The average molecular weight is 427 g/mol. The van der Waals surface area contributed by atoms with Gasteiger partial charge >= 0.3 is 0 Å². The van der Waals surface area contributed by atoms with Gasteiger partial charge in [0.1, 0.15) is 0 Å². The Bertz CT molecular complexity index is 1100. The second-order valence-corrected chi connectivity index (χ2v) is 10.8. The third-order valence-corrected chi connectivity index (χ3v) is 8.28. The standard InChI is InChI=1S/C18H19ClN2O4S2/c19-14-6-9-18-13(11-14)3-2-10-21(18)27(24,25)17-5-1-4-16(12-17)26(22,23)20-15-7-8-15/h1,4-6,9,11-12,15,20H,2-3,7-8,10H2. The molecule has 0 amide bonds. The van der Waals surface area contributed by atoms with Crippen molar-refractivity contribution in [3.05, 3.63) is 53.1 Å². The Labute approximate surface area is 164 Å². The van der Waals surface area contributed by atoms with E-state index in [-0.39, 0.29) is 15.8 Å². The fourth-order valence-corrected chi connectivity index (χ4v) is 6.41. The summed E-state index contributed by atoms with van der Waals surface area (Å²) in [5.74, 6) is 0. The zero-order valence-electron chi connectivity index (χ0n) is 14.4. The number of fused-ring (bicyclic) bond motifs is 1. The molecular weight excluding hydrogens is 408 g/mol. The van der Waals surface area contributed by atoms with Gasteiger partial charge in [-0.15, -0.1) is 0 Å². The van der Waals surface area contributed by atoms with Crippen LogP contribution in [-0.4, -0.2) is 29.4 Å². The molecule has 2 aliphatic rings. The molecule has 0 unspecified atom stereocenters. The van der Waals surface area contributed by atoms with Crippen LogP contribution >= 0.6 is 11.6 Å². The minimum atomic E-state index is -3.89. The van der Waals surface area contributed by atoms with Gasteiger partial charge in [-0.1, -0.05) is 17.7 Å². The van der Waals surface area contributed by atoms with Crippen molar-refractivity contribution < 1.29 is 16.8 Å². The number of halogens is 1. The minimum absolute atomic E-state index is 0.0380. The number of hydrogen-bond donors (Lipinski definition) is 1. The number of benzene rings is 2. The first-order valence-electron chi connectivity index (χ1n) is 8.71. The fraction of sp³-hybridized carbons (Fsp3) is 0.333. The Hall–Kier alpha value is -1.61. The van der Waals surface area contributed by atoms with Gasteiger partial charge in [-0.2, -0.15) is 0 Å². The van der Waals surface area contributed by atoms with Crippen molar-refractivity contribution in [2.45, 2.75) is 41.5 Å². The molecule has 0 aromatic heterocycles. The smallest absolute Gasteiger partial charge is 0.264 e. The Morgan fingerprint density at radius 3 is 2.48 bits per heavy atom. The molecule has 0 spiro atoms. The van der Waals surface area contributed by atoms with Gasteiger partial charge in [0.05, 0.1) is 15.5 Å². The summed E-state index contributed by atoms with van der Waals surface area (Å²) in [6.45, 7) is 0.342. The van der Waals surface area contributed by atoms with Crippen LogP contribution in [0.15, 0.2) is 52.3 Å². The number of sulfonamides is 2. The van der Waals surface area contributed by atoms with E-state index in [0.29, 0.717) is 23.7 Å². The zero-order chi connectivity index (χ0) is 19.2. The predicted octanol–water partition coefficient (Wildman–Crippen LogP) is 2.92. The molecule has 1 aliphatic heterocycles. The van der Waals surface area contributed by atoms with E-state index in [1.165, 1.54) is 28.6 Å². The number of anilines is 1. The lowest BCUT2D eigenvalue weighted by Gasteiger charge is -2.30. The molecule has 2 aromatic carbocycles. The molecule has 0 atom stereocenters. The maximum absolute atomic E-state index is 13.2. The maximum Gasteiger partial charge on any atom is 0.264 e. The highest BCUT2D eigenvalue weighted by atomic mass is 35.5. The summed E-state index contributed by atoms with van der Waals surface area (Å²) in [5, 5.41) is 0.562. The molecule has 6 nitrogen and oxygen atoms in total. The fourth-order valence-electron chi connectivity index (χ4n) is 3.20. The number of hydrogen-bond acceptors (Lipinski definition) is 4. The van der Waals surface area contributed by atoms with Crippen LogP contribution < -0.4 is 9.03 Å². The lowest BCUT2D eigenvalue weighted by atomic mass is 10.0. The number of rotatable bonds is 5. The normalized spacial score (nSPS) is 17.6. The van der Waals surface area contributed by atoms with Crippen molar-refractivity contribution in [1.29, 1.82) is 0 Å². The third kappa shape index (κ3) is 3.71. The summed E-state index contributed by atoms with van der Waals surface area (Å²) in [7, 11) is -7.61. The van der Waals surface area contributed by atoms with Crippen molar-refractivity contribution in [3.63, 3.8) is 0 Å². The summed E-state index contributed by atoms with van der Waals surface area (Å²) < 4.78 is 55.2. The van der Waals surface area contributed by atoms with Gasteiger partial charge in [0.25, 0.3) is 10.0 Å². The second kappa shape index (κ2) is 6.77. The van der Waals surface area contributed by atoms with Crippen molar-refractivity contribution in [3.8, 4) is 0 Å². The van der Waals surface area contributed by atoms with Gasteiger partial charge in [-0.3, -0.25) is 4.31 Å². The van der Waals surface area contributed by atoms with Crippen LogP contribution in [0.4, 0.5) is 5.69 Å². The summed E-state index contributed by atoms with van der Waals surface area (Å²) in [4.78, 5) is -0.0761. The van der Waals surface area contributed by atoms with Gasteiger partial charge < -0.3 is 0 Å². The van der Waals surface area contributed by atoms with E-state index >= 15 is 0 Å². The first kappa shape index (κ1) is 18.7. The van der Waals surface area contributed by atoms with E-state index in [2.05, 4.69) is 4.72 Å². The topological polar surface area (TPSA) is 83.5 Å². The SMILES string of the molecule is O=S(=O)(NC1CC1)c1cccc(S(=O)(=O)N2CCCc3cc(Cl)ccc32)c1. The van der Waals surface area contributed by atoms with E-state index in [0.717, 1.165) is 24.8 Å². The zero-order valence-corrected chi connectivity index (χ0v) is 16.8. The first-order valence-corrected chi connectivity index (χ1v) is 12.0. The summed E-state index contributed by atoms with van der Waals surface area (Å²) in [6.07, 6.45) is 3.05. The molecule has 1 N–H and O–H groups in total. The van der Waals surface area contributed by atoms with Crippen molar-refractivity contribution in [1.82, 2.24) is 4.72 Å². The Morgan fingerprint density at radius 1 is 1.00 bits per heavy atom. The highest BCUT2D eigenvalue weighted by molar-refractivity contribution is 7.93. The van der Waals surface area contributed by atoms with Crippen molar-refractivity contribution in [2.75, 3.05) is 10.8 Å². The van der Waals surface area contributed by atoms with Gasteiger partial charge in [-0.05, 0) is 67.6 Å². The number of nitrogens with one attached hydrogen (secondary N) is 1. The van der Waals surface area contributed by atoms with Crippen molar-refractivity contribution >= 4 is 37.3 Å². The van der Waals surface area contributed by atoms with Crippen LogP contribution in [-0.2, 0) is 26.5 Å². The molecule has 0 bridgehead atoms. The van der Waals surface area contributed by atoms with Gasteiger partial charge in [0.15, 0.2) is 0 Å². The van der Waals surface area contributed by atoms with E-state index in [1.807, 2.05) is 0 Å². The Balaban J connectivity index is 1.72. The molecule has 4 rings (SSSR count). The molecular formula is C18H19ClN2O4S2. The minimum Gasteiger partial charge on any atom is -0.266 e. The largest absolute Gasteiger partial charge is 0.266 e. The molecule has 1 fully saturated rings. The number of nitrogens with zero attached hydrogens (tertiary/aromatic N) is 1. The van der Waals surface area contributed by atoms with Gasteiger partial charge in [-0.25, -0.2) is 21.6 Å². The van der Waals surface area contributed by atoms with Crippen LogP contribution in [0.25, 0.3) is 0 Å². The average Bonchev–Trinajstić information content (AvgIpc) is 3.44. The Kier molecular flexibility index (Phi) is 4.70. The first-order chi connectivity index (χ1) is 12.8. The third-order valence-electron chi connectivity index (χ3n) is 4.72. The summed E-state index contributed by atoms with van der Waals surface area (Å²) in [6, 6.07) is 10.6. The monoisotopic (exact) mass is 426 g/mol. The number of aryl methyl sites for hydroxylation is 1. The quantitative estimate of drug-likeness (QED) is 0.796. The van der Waals surface area contributed by atoms with Gasteiger partial charge in [0, 0.05) is 17.6 Å². The van der Waals surface area contributed by atoms with E-state index in [1.54, 1.807) is 18.2 Å². The highest BCUT2D eigenvalue weighted by Crippen LogP contribution is 2.34. The Morgan fingerprint density at radius 2 is 1.74 bits per heavy atom. The summed E-state index contributed by atoms with van der Waals surface area (Å²) >= 11 is 6.03. The lowest BCUT2D eigenvalue weighted by molar-refractivity contribution is 0.580. The van der Waals surface area contributed by atoms with Crippen LogP contribution in [0, 0.1) is 0 Å². The predicted molar refractivity (Wildman–Crippen MR) is 104 cm³/mol. The molecule has 9 heteroatoms. The molecule has 1 aliphatic carbocycles. The van der Waals surface area contributed by atoms with Crippen LogP contribution in [0.1, 0.15) is 24.8 Å². The maximum atomic E-state index is 13.2. The molecule has 2 aromatic rings. The van der Waals surface area contributed by atoms with E-state index in [4.69, 9.17) is 11.6 Å². The van der Waals surface area contributed by atoms with Crippen molar-refractivity contribution in [2.24, 2.45) is 0 Å². The van der Waals surface area contributed by atoms with E-state index in [9.17, 15) is 16.8 Å². The molecule has 0 radical (unpaired) electrons. The molecule has 144 valence electrons. The van der Waals surface area contributed by atoms with Crippen LogP contribution in [0.5, 0.6) is 0 Å².